The van der Waals surface area contributed by atoms with Gasteiger partial charge in [-0.25, -0.2) is 9.97 Å². The molecular weight excluding hydrogens is 270 g/mol. The van der Waals surface area contributed by atoms with Crippen LogP contribution in [-0.4, -0.2) is 60.5 Å². The third kappa shape index (κ3) is 2.64. The maximum Gasteiger partial charge on any atom is 0.149 e. The first-order valence-electron chi connectivity index (χ1n) is 7.23. The van der Waals surface area contributed by atoms with Crippen molar-refractivity contribution in [3.63, 3.8) is 0 Å². The van der Waals surface area contributed by atoms with Crippen molar-refractivity contribution < 1.29 is 0 Å². The summed E-state index contributed by atoms with van der Waals surface area (Å²) in [6.45, 7) is 3.27. The molecule has 1 N–H and O–H groups in total. The number of likely N-dealkylation sites (N-methyl/N-ethyl adjacent to an activating group) is 2. The highest BCUT2D eigenvalue weighted by atomic mass is 32.2. The Morgan fingerprint density at radius 1 is 1.20 bits per heavy atom. The summed E-state index contributed by atoms with van der Waals surface area (Å²) in [5.74, 6) is 4.06. The number of nitrogens with one attached hydrogen (secondary N) is 1. The Labute approximate surface area is 125 Å². The maximum atomic E-state index is 4.87. The van der Waals surface area contributed by atoms with Gasteiger partial charge in [0.15, 0.2) is 0 Å². The molecular formula is C14H23N5S. The Bertz CT molecular complexity index is 493. The summed E-state index contributed by atoms with van der Waals surface area (Å²) >= 11 is 1.93. The molecule has 1 aromatic rings. The van der Waals surface area contributed by atoms with Crippen molar-refractivity contribution in [1.82, 2.24) is 19.8 Å². The highest BCUT2D eigenvalue weighted by molar-refractivity contribution is 7.98. The number of fused-ring (bicyclic) bond motifs is 1. The van der Waals surface area contributed by atoms with Crippen LogP contribution in [0.15, 0.2) is 0 Å². The lowest BCUT2D eigenvalue weighted by Gasteiger charge is -2.26. The fourth-order valence-corrected chi connectivity index (χ4v) is 4.02. The van der Waals surface area contributed by atoms with Gasteiger partial charge in [0.05, 0.1) is 11.7 Å². The highest BCUT2D eigenvalue weighted by Gasteiger charge is 2.27. The molecule has 20 heavy (non-hydrogen) atoms. The van der Waals surface area contributed by atoms with E-state index in [2.05, 4.69) is 29.2 Å². The third-order valence-corrected chi connectivity index (χ3v) is 5.17. The van der Waals surface area contributed by atoms with E-state index in [4.69, 9.17) is 9.97 Å². The molecule has 1 saturated heterocycles. The van der Waals surface area contributed by atoms with Crippen LogP contribution >= 0.6 is 11.8 Å². The van der Waals surface area contributed by atoms with Gasteiger partial charge in [-0.15, -0.1) is 0 Å². The second kappa shape index (κ2) is 5.87. The van der Waals surface area contributed by atoms with Crippen molar-refractivity contribution in [3.05, 3.63) is 17.1 Å². The summed E-state index contributed by atoms with van der Waals surface area (Å²) in [5, 5.41) is 3.25. The van der Waals surface area contributed by atoms with Crippen LogP contribution in [-0.2, 0) is 11.5 Å². The van der Waals surface area contributed by atoms with Crippen LogP contribution in [0.4, 0.5) is 5.82 Å². The van der Waals surface area contributed by atoms with Crippen LogP contribution in [0.5, 0.6) is 0 Å². The van der Waals surface area contributed by atoms with Crippen LogP contribution in [0.25, 0.3) is 0 Å². The van der Waals surface area contributed by atoms with Gasteiger partial charge in [-0.3, -0.25) is 4.90 Å². The van der Waals surface area contributed by atoms with Crippen LogP contribution in [0.3, 0.4) is 0 Å². The molecule has 0 spiro atoms. The van der Waals surface area contributed by atoms with Gasteiger partial charge >= 0.3 is 0 Å². The predicted octanol–water partition coefficient (Wildman–Crippen LogP) is 1.57. The van der Waals surface area contributed by atoms with Gasteiger partial charge in [0, 0.05) is 30.7 Å². The number of nitrogens with zero attached hydrogens (tertiary/aromatic N) is 4. The summed E-state index contributed by atoms with van der Waals surface area (Å²) in [6, 6.07) is 0.297. The number of hydrogen-bond donors (Lipinski definition) is 1. The fraction of sp³-hybridized carbons (Fsp3) is 0.714. The normalized spacial score (nSPS) is 24.4. The van der Waals surface area contributed by atoms with Crippen LogP contribution in [0, 0.1) is 0 Å². The van der Waals surface area contributed by atoms with Gasteiger partial charge in [0.1, 0.15) is 11.6 Å². The lowest BCUT2D eigenvalue weighted by atomic mass is 10.2. The van der Waals surface area contributed by atoms with E-state index in [0.29, 0.717) is 6.04 Å². The third-order valence-electron chi connectivity index (χ3n) is 4.20. The molecule has 1 fully saturated rings. The summed E-state index contributed by atoms with van der Waals surface area (Å²) in [5.41, 5.74) is 2.52. The number of thioether (sulfide) groups is 1. The Hall–Kier alpha value is -0.850. The Kier molecular flexibility index (Phi) is 4.14. The predicted molar refractivity (Wildman–Crippen MR) is 84.1 cm³/mol. The van der Waals surface area contributed by atoms with E-state index < -0.39 is 0 Å². The fourth-order valence-electron chi connectivity index (χ4n) is 2.98. The molecule has 2 aliphatic rings. The summed E-state index contributed by atoms with van der Waals surface area (Å²) in [4.78, 5) is 14.5. The molecule has 0 amide bonds. The van der Waals surface area contributed by atoms with Crippen LogP contribution in [0.1, 0.15) is 29.5 Å². The van der Waals surface area contributed by atoms with Crippen molar-refractivity contribution in [2.75, 3.05) is 46.1 Å². The van der Waals surface area contributed by atoms with Crippen molar-refractivity contribution in [2.24, 2.45) is 0 Å². The number of rotatable bonds is 2. The van der Waals surface area contributed by atoms with Crippen molar-refractivity contribution in [2.45, 2.75) is 24.0 Å². The highest BCUT2D eigenvalue weighted by Crippen LogP contribution is 2.34. The summed E-state index contributed by atoms with van der Waals surface area (Å²) in [7, 11) is 6.33. The number of aromatic nitrogens is 2. The first kappa shape index (κ1) is 14.1. The largest absolute Gasteiger partial charge is 0.373 e. The Balaban J connectivity index is 1.96. The smallest absolute Gasteiger partial charge is 0.149 e. The minimum Gasteiger partial charge on any atom is -0.373 e. The Morgan fingerprint density at radius 3 is 2.85 bits per heavy atom. The molecule has 1 atom stereocenters. The van der Waals surface area contributed by atoms with Crippen LogP contribution in [0.2, 0.25) is 0 Å². The van der Waals surface area contributed by atoms with Gasteiger partial charge in [0.2, 0.25) is 0 Å². The molecule has 5 nitrogen and oxygen atoms in total. The van der Waals surface area contributed by atoms with Crippen LogP contribution < -0.4 is 5.32 Å². The van der Waals surface area contributed by atoms with E-state index in [1.807, 2.05) is 18.8 Å². The average molecular weight is 293 g/mol. The summed E-state index contributed by atoms with van der Waals surface area (Å²) in [6.07, 6.45) is 1.21. The van der Waals surface area contributed by atoms with Crippen molar-refractivity contribution in [3.8, 4) is 0 Å². The molecule has 110 valence electrons. The molecule has 6 heteroatoms. The van der Waals surface area contributed by atoms with E-state index in [0.717, 1.165) is 42.8 Å². The second-order valence-corrected chi connectivity index (χ2v) is 6.70. The lowest BCUT2D eigenvalue weighted by molar-refractivity contribution is 0.219. The van der Waals surface area contributed by atoms with E-state index in [1.165, 1.54) is 17.7 Å². The number of anilines is 1. The number of hydrogen-bond acceptors (Lipinski definition) is 6. The minimum atomic E-state index is 0.297. The SMILES string of the molecule is CNc1nc(C2CN(C)CCCN2C)nc2c1CSC2. The monoisotopic (exact) mass is 293 g/mol. The molecule has 3 rings (SSSR count). The van der Waals surface area contributed by atoms with Gasteiger partial charge in [0.25, 0.3) is 0 Å². The molecule has 3 heterocycles. The summed E-state index contributed by atoms with van der Waals surface area (Å²) < 4.78 is 0. The minimum absolute atomic E-state index is 0.297. The maximum absolute atomic E-state index is 4.87. The molecule has 0 saturated carbocycles. The van der Waals surface area contributed by atoms with Gasteiger partial charge in [-0.05, 0) is 33.6 Å². The molecule has 0 radical (unpaired) electrons. The van der Waals surface area contributed by atoms with Gasteiger partial charge in [-0.1, -0.05) is 0 Å². The molecule has 1 unspecified atom stereocenters. The quantitative estimate of drug-likeness (QED) is 0.893. The molecule has 2 aliphatic heterocycles. The first-order valence-corrected chi connectivity index (χ1v) is 8.38. The first-order chi connectivity index (χ1) is 9.69. The zero-order valence-electron chi connectivity index (χ0n) is 12.5. The molecule has 0 bridgehead atoms. The van der Waals surface area contributed by atoms with Gasteiger partial charge in [-0.2, -0.15) is 11.8 Å². The Morgan fingerprint density at radius 2 is 2.05 bits per heavy atom. The van der Waals surface area contributed by atoms with Crippen molar-refractivity contribution in [1.29, 1.82) is 0 Å². The van der Waals surface area contributed by atoms with E-state index >= 15 is 0 Å². The lowest BCUT2D eigenvalue weighted by Crippen LogP contribution is -2.32. The molecule has 0 aromatic carbocycles. The average Bonchev–Trinajstić information content (AvgIpc) is 2.85. The van der Waals surface area contributed by atoms with E-state index in [-0.39, 0.29) is 0 Å². The standard InChI is InChI=1S/C14H23N5S/c1-15-13-10-8-20-9-11(10)16-14(17-13)12-7-18(2)5-4-6-19(12)3/h12H,4-9H2,1-3H3,(H,15,16,17). The topological polar surface area (TPSA) is 44.3 Å². The molecule has 1 aromatic heterocycles. The van der Waals surface area contributed by atoms with Gasteiger partial charge < -0.3 is 10.2 Å². The van der Waals surface area contributed by atoms with E-state index in [1.54, 1.807) is 0 Å². The zero-order chi connectivity index (χ0) is 14.1. The zero-order valence-corrected chi connectivity index (χ0v) is 13.3. The van der Waals surface area contributed by atoms with E-state index in [9.17, 15) is 0 Å². The second-order valence-electron chi connectivity index (χ2n) is 5.71. The van der Waals surface area contributed by atoms with Crippen molar-refractivity contribution >= 4 is 17.6 Å². The molecule has 0 aliphatic carbocycles.